The Balaban J connectivity index is 1.76. The van der Waals surface area contributed by atoms with E-state index >= 15 is 0 Å². The Hall–Kier alpha value is -4.31. The van der Waals surface area contributed by atoms with E-state index in [9.17, 15) is 20.0 Å². The number of urea groups is 1. The van der Waals surface area contributed by atoms with Crippen molar-refractivity contribution in [2.75, 3.05) is 17.2 Å². The van der Waals surface area contributed by atoms with E-state index in [4.69, 9.17) is 0 Å². The third-order valence-corrected chi connectivity index (χ3v) is 5.14. The summed E-state index contributed by atoms with van der Waals surface area (Å²) in [5.74, 6) is -1.09. The summed E-state index contributed by atoms with van der Waals surface area (Å²) in [4.78, 5) is 23.9. The van der Waals surface area contributed by atoms with Gasteiger partial charge in [0, 0.05) is 13.1 Å². The number of unbranched alkanes of at least 4 members (excludes halogenated alkanes) is 1. The number of anilines is 2. The van der Waals surface area contributed by atoms with Gasteiger partial charge in [-0.15, -0.1) is 0 Å². The predicted octanol–water partition coefficient (Wildman–Crippen LogP) is 5.46. The molecule has 0 saturated carbocycles. The van der Waals surface area contributed by atoms with Crippen LogP contribution in [-0.4, -0.2) is 23.7 Å². The average molecular weight is 443 g/mol. The Morgan fingerprint density at radius 3 is 2.45 bits per heavy atom. The van der Waals surface area contributed by atoms with Gasteiger partial charge in [0.2, 0.25) is 0 Å². The smallest absolute Gasteiger partial charge is 0.337 e. The second-order valence-electron chi connectivity index (χ2n) is 7.48. The summed E-state index contributed by atoms with van der Waals surface area (Å²) in [5.41, 5.74) is 4.11. The highest BCUT2D eigenvalue weighted by molar-refractivity contribution is 6.01. The molecule has 0 aliphatic rings. The summed E-state index contributed by atoms with van der Waals surface area (Å²) >= 11 is 0. The Bertz CT molecular complexity index is 1170. The number of carboxylic acid groups (broad SMARTS) is 1. The molecule has 0 saturated heterocycles. The van der Waals surface area contributed by atoms with Gasteiger partial charge in [0.15, 0.2) is 0 Å². The molecule has 2 amide bonds. The van der Waals surface area contributed by atoms with Gasteiger partial charge in [-0.1, -0.05) is 61.9 Å². The van der Waals surface area contributed by atoms with Crippen LogP contribution < -0.4 is 16.0 Å². The van der Waals surface area contributed by atoms with Crippen molar-refractivity contribution >= 4 is 23.4 Å². The fourth-order valence-corrected chi connectivity index (χ4v) is 3.40. The predicted molar refractivity (Wildman–Crippen MR) is 129 cm³/mol. The lowest BCUT2D eigenvalue weighted by Crippen LogP contribution is -2.30. The number of hydrogen-bond acceptors (Lipinski definition) is 4. The molecule has 7 heteroatoms. The summed E-state index contributed by atoms with van der Waals surface area (Å²) in [6.45, 7) is 2.94. The van der Waals surface area contributed by atoms with E-state index in [0.717, 1.165) is 29.5 Å². The third-order valence-electron chi connectivity index (χ3n) is 5.14. The molecule has 4 N–H and O–H groups in total. The lowest BCUT2D eigenvalue weighted by Gasteiger charge is -2.16. The Labute approximate surface area is 193 Å². The number of rotatable bonds is 9. The number of nitrogens with zero attached hydrogens (tertiary/aromatic N) is 1. The van der Waals surface area contributed by atoms with Crippen molar-refractivity contribution in [3.8, 4) is 17.2 Å². The molecular formula is C26H26N4O3. The van der Waals surface area contributed by atoms with Crippen LogP contribution in [0.15, 0.2) is 66.7 Å². The first kappa shape index (κ1) is 23.4. The molecule has 0 atom stereocenters. The number of nitrogens with one attached hydrogen (secondary N) is 3. The number of benzene rings is 3. The van der Waals surface area contributed by atoms with Crippen molar-refractivity contribution in [1.29, 1.82) is 5.26 Å². The van der Waals surface area contributed by atoms with Crippen LogP contribution in [0.1, 0.15) is 41.3 Å². The number of aromatic carboxylic acids is 1. The molecule has 168 valence electrons. The van der Waals surface area contributed by atoms with Gasteiger partial charge < -0.3 is 21.1 Å². The summed E-state index contributed by atoms with van der Waals surface area (Å²) < 4.78 is 0. The van der Waals surface area contributed by atoms with Gasteiger partial charge in [0.1, 0.15) is 0 Å². The number of nitriles is 1. The summed E-state index contributed by atoms with van der Waals surface area (Å²) in [5, 5.41) is 27.6. The van der Waals surface area contributed by atoms with E-state index in [0.29, 0.717) is 30.0 Å². The Morgan fingerprint density at radius 1 is 1.00 bits per heavy atom. The number of carbonyl (C=O) groups excluding carboxylic acids is 1. The number of para-hydroxylation sites is 1. The number of carbonyl (C=O) groups is 2. The van der Waals surface area contributed by atoms with Crippen molar-refractivity contribution in [1.82, 2.24) is 5.32 Å². The number of carboxylic acids is 1. The highest BCUT2D eigenvalue weighted by Gasteiger charge is 2.15. The zero-order chi connectivity index (χ0) is 23.6. The summed E-state index contributed by atoms with van der Waals surface area (Å²) in [7, 11) is 0. The first-order valence-corrected chi connectivity index (χ1v) is 10.8. The van der Waals surface area contributed by atoms with Crippen LogP contribution in [0.5, 0.6) is 0 Å². The number of amides is 2. The van der Waals surface area contributed by atoms with Crippen molar-refractivity contribution < 1.29 is 14.7 Å². The van der Waals surface area contributed by atoms with Gasteiger partial charge in [-0.25, -0.2) is 9.59 Å². The van der Waals surface area contributed by atoms with E-state index in [1.165, 1.54) is 6.07 Å². The minimum atomic E-state index is -1.09. The van der Waals surface area contributed by atoms with Gasteiger partial charge in [0.05, 0.1) is 28.6 Å². The molecule has 0 radical (unpaired) electrons. The van der Waals surface area contributed by atoms with E-state index in [1.807, 2.05) is 49.4 Å². The van der Waals surface area contributed by atoms with Crippen molar-refractivity contribution in [3.05, 3.63) is 83.4 Å². The van der Waals surface area contributed by atoms with Crippen LogP contribution in [0.25, 0.3) is 11.1 Å². The van der Waals surface area contributed by atoms with Crippen molar-refractivity contribution in [3.63, 3.8) is 0 Å². The molecule has 0 bridgehead atoms. The van der Waals surface area contributed by atoms with Gasteiger partial charge >= 0.3 is 12.0 Å². The molecular weight excluding hydrogens is 416 g/mol. The van der Waals surface area contributed by atoms with Crippen LogP contribution in [0.3, 0.4) is 0 Å². The second kappa shape index (κ2) is 11.3. The van der Waals surface area contributed by atoms with E-state index in [2.05, 4.69) is 22.0 Å². The molecule has 0 fully saturated rings. The van der Waals surface area contributed by atoms with Crippen LogP contribution in [0.4, 0.5) is 16.2 Å². The fourth-order valence-electron chi connectivity index (χ4n) is 3.40. The lowest BCUT2D eigenvalue weighted by atomic mass is 9.99. The lowest BCUT2D eigenvalue weighted by molar-refractivity contribution is 0.0698. The van der Waals surface area contributed by atoms with Crippen LogP contribution in [0.2, 0.25) is 0 Å². The topological polar surface area (TPSA) is 114 Å². The van der Waals surface area contributed by atoms with Gasteiger partial charge in [-0.05, 0) is 41.3 Å². The van der Waals surface area contributed by atoms with Crippen LogP contribution >= 0.6 is 0 Å². The van der Waals surface area contributed by atoms with Gasteiger partial charge in [-0.3, -0.25) is 0 Å². The molecule has 0 spiro atoms. The second-order valence-corrected chi connectivity index (χ2v) is 7.48. The highest BCUT2D eigenvalue weighted by atomic mass is 16.4. The van der Waals surface area contributed by atoms with E-state index in [1.54, 1.807) is 18.2 Å². The number of hydrogen-bond donors (Lipinski definition) is 4. The molecule has 3 rings (SSSR count). The third kappa shape index (κ3) is 6.11. The Morgan fingerprint density at radius 2 is 1.76 bits per heavy atom. The molecule has 7 nitrogen and oxygen atoms in total. The maximum Gasteiger partial charge on any atom is 0.337 e. The monoisotopic (exact) mass is 442 g/mol. The highest BCUT2D eigenvalue weighted by Crippen LogP contribution is 2.28. The Kier molecular flexibility index (Phi) is 8.03. The molecule has 0 heterocycles. The van der Waals surface area contributed by atoms with Crippen LogP contribution in [0, 0.1) is 11.3 Å². The quantitative estimate of drug-likeness (QED) is 0.329. The first-order chi connectivity index (χ1) is 16.0. The molecule has 0 aliphatic carbocycles. The largest absolute Gasteiger partial charge is 0.478 e. The molecule has 0 aliphatic heterocycles. The maximum absolute atomic E-state index is 12.2. The van der Waals surface area contributed by atoms with Crippen molar-refractivity contribution in [2.45, 2.75) is 26.3 Å². The SMILES string of the molecule is CCCCNC(=O)Nc1cccc(C(=O)O)c1NCc1ccc(-c2ccccc2C#N)cc1. The molecule has 0 aromatic heterocycles. The van der Waals surface area contributed by atoms with Gasteiger partial charge in [0.25, 0.3) is 0 Å². The van der Waals surface area contributed by atoms with E-state index < -0.39 is 5.97 Å². The summed E-state index contributed by atoms with van der Waals surface area (Å²) in [6.07, 6.45) is 1.82. The maximum atomic E-state index is 12.2. The van der Waals surface area contributed by atoms with Crippen LogP contribution in [-0.2, 0) is 6.54 Å². The zero-order valence-corrected chi connectivity index (χ0v) is 18.4. The minimum Gasteiger partial charge on any atom is -0.478 e. The molecule has 3 aromatic carbocycles. The standard InChI is InChI=1S/C26H26N4O3/c1-2-3-15-28-26(33)30-23-10-6-9-22(25(31)32)24(23)29-17-18-11-13-19(14-12-18)21-8-5-4-7-20(21)16-27/h4-14,29H,2-3,15,17H2,1H3,(H,31,32)(H2,28,30,33). The molecule has 3 aromatic rings. The normalized spacial score (nSPS) is 10.2. The summed E-state index contributed by atoms with van der Waals surface area (Å²) in [6, 6.07) is 21.7. The molecule has 33 heavy (non-hydrogen) atoms. The van der Waals surface area contributed by atoms with Crippen molar-refractivity contribution in [2.24, 2.45) is 0 Å². The average Bonchev–Trinajstić information content (AvgIpc) is 2.83. The minimum absolute atomic E-state index is 0.0703. The van der Waals surface area contributed by atoms with E-state index in [-0.39, 0.29) is 11.6 Å². The zero-order valence-electron chi connectivity index (χ0n) is 18.4. The first-order valence-electron chi connectivity index (χ1n) is 10.8. The fraction of sp³-hybridized carbons (Fsp3) is 0.192. The molecule has 0 unspecified atom stereocenters. The van der Waals surface area contributed by atoms with Gasteiger partial charge in [-0.2, -0.15) is 5.26 Å².